The van der Waals surface area contributed by atoms with Gasteiger partial charge < -0.3 is 4.42 Å². The molecule has 7 aromatic rings. The maximum atomic E-state index is 6.05. The number of benzene rings is 4. The van der Waals surface area contributed by atoms with Crippen molar-refractivity contribution in [3.8, 4) is 45.2 Å². The predicted octanol–water partition coefficient (Wildman–Crippen LogP) is 8.44. The van der Waals surface area contributed by atoms with Crippen molar-refractivity contribution in [3.63, 3.8) is 0 Å². The van der Waals surface area contributed by atoms with Gasteiger partial charge in [0.1, 0.15) is 11.2 Å². The molecule has 0 radical (unpaired) electrons. The van der Waals surface area contributed by atoms with Gasteiger partial charge in [-0.05, 0) is 42.5 Å². The number of rotatable bonds is 4. The summed E-state index contributed by atoms with van der Waals surface area (Å²) in [7, 11) is 0. The van der Waals surface area contributed by atoms with Crippen LogP contribution in [0.4, 0.5) is 0 Å². The zero-order chi connectivity index (χ0) is 24.6. The van der Waals surface area contributed by atoms with Crippen molar-refractivity contribution in [3.05, 3.63) is 128 Å². The Bertz CT molecular complexity index is 1880. The van der Waals surface area contributed by atoms with Crippen LogP contribution < -0.4 is 0 Å². The summed E-state index contributed by atoms with van der Waals surface area (Å²) < 4.78 is 6.05. The van der Waals surface area contributed by atoms with Gasteiger partial charge >= 0.3 is 0 Å². The maximum absolute atomic E-state index is 6.05. The van der Waals surface area contributed by atoms with E-state index < -0.39 is 0 Å². The van der Waals surface area contributed by atoms with Crippen LogP contribution in [0.15, 0.2) is 132 Å². The van der Waals surface area contributed by atoms with Crippen molar-refractivity contribution >= 4 is 21.9 Å². The molecule has 4 heteroatoms. The molecule has 0 saturated heterocycles. The Hall–Kier alpha value is -5.09. The molecule has 0 spiro atoms. The first-order chi connectivity index (χ1) is 18.3. The van der Waals surface area contributed by atoms with Gasteiger partial charge in [0.15, 0.2) is 5.82 Å². The van der Waals surface area contributed by atoms with Crippen molar-refractivity contribution in [2.45, 2.75) is 0 Å². The second-order valence-corrected chi connectivity index (χ2v) is 8.90. The molecule has 0 unspecified atom stereocenters. The van der Waals surface area contributed by atoms with E-state index in [1.165, 1.54) is 0 Å². The number of fused-ring (bicyclic) bond motifs is 3. The average Bonchev–Trinajstić information content (AvgIpc) is 3.36. The molecule has 0 N–H and O–H groups in total. The fraction of sp³-hybridized carbons (Fsp3) is 0. The Balaban J connectivity index is 1.46. The van der Waals surface area contributed by atoms with Gasteiger partial charge in [-0.15, -0.1) is 0 Å². The van der Waals surface area contributed by atoms with Gasteiger partial charge in [-0.1, -0.05) is 78.9 Å². The van der Waals surface area contributed by atoms with Crippen molar-refractivity contribution in [1.82, 2.24) is 15.0 Å². The lowest BCUT2D eigenvalue weighted by molar-refractivity contribution is 0.669. The molecule has 0 aliphatic rings. The van der Waals surface area contributed by atoms with Gasteiger partial charge in [0.25, 0.3) is 0 Å². The number of hydrogen-bond acceptors (Lipinski definition) is 4. The van der Waals surface area contributed by atoms with Gasteiger partial charge in [-0.25, -0.2) is 9.97 Å². The smallest absolute Gasteiger partial charge is 0.161 e. The summed E-state index contributed by atoms with van der Waals surface area (Å²) in [6.07, 6.45) is 1.81. The van der Waals surface area contributed by atoms with Gasteiger partial charge in [0.2, 0.25) is 0 Å². The van der Waals surface area contributed by atoms with Crippen molar-refractivity contribution in [2.24, 2.45) is 0 Å². The van der Waals surface area contributed by atoms with E-state index in [0.717, 1.165) is 61.3 Å². The molecule has 4 aromatic carbocycles. The van der Waals surface area contributed by atoms with Crippen LogP contribution in [-0.4, -0.2) is 15.0 Å². The van der Waals surface area contributed by atoms with Gasteiger partial charge in [0.05, 0.1) is 17.1 Å². The molecular formula is C33H21N3O. The predicted molar refractivity (Wildman–Crippen MR) is 149 cm³/mol. The number of para-hydroxylation sites is 1. The van der Waals surface area contributed by atoms with Gasteiger partial charge in [0, 0.05) is 39.2 Å². The van der Waals surface area contributed by atoms with E-state index in [0.29, 0.717) is 5.82 Å². The molecule has 3 heterocycles. The standard InChI is InChI=1S/C33H21N3O/c1-2-10-22(11-3-1)29-21-30(23-17-18-32-27(20-23)25-13-6-7-16-31(25)37-32)36-33(35-29)26-14-5-4-12-24(26)28-15-8-9-19-34-28/h1-21H. The molecule has 0 bridgehead atoms. The zero-order valence-corrected chi connectivity index (χ0v) is 19.9. The van der Waals surface area contributed by atoms with E-state index >= 15 is 0 Å². The van der Waals surface area contributed by atoms with Crippen LogP contribution in [0, 0.1) is 0 Å². The summed E-state index contributed by atoms with van der Waals surface area (Å²) in [5.74, 6) is 0.662. The van der Waals surface area contributed by atoms with E-state index in [-0.39, 0.29) is 0 Å². The molecule has 0 atom stereocenters. The molecular weight excluding hydrogens is 454 g/mol. The number of aromatic nitrogens is 3. The van der Waals surface area contributed by atoms with Crippen LogP contribution >= 0.6 is 0 Å². The Morgan fingerprint density at radius 2 is 1.16 bits per heavy atom. The second kappa shape index (κ2) is 8.85. The Morgan fingerprint density at radius 1 is 0.459 bits per heavy atom. The monoisotopic (exact) mass is 475 g/mol. The summed E-state index contributed by atoms with van der Waals surface area (Å²) in [4.78, 5) is 14.7. The molecule has 174 valence electrons. The fourth-order valence-electron chi connectivity index (χ4n) is 4.78. The maximum Gasteiger partial charge on any atom is 0.161 e. The van der Waals surface area contributed by atoms with Crippen LogP contribution in [0.3, 0.4) is 0 Å². The van der Waals surface area contributed by atoms with Crippen molar-refractivity contribution in [2.75, 3.05) is 0 Å². The summed E-state index contributed by atoms with van der Waals surface area (Å²) in [6.45, 7) is 0. The molecule has 0 amide bonds. The van der Waals surface area contributed by atoms with Crippen LogP contribution in [0.25, 0.3) is 67.1 Å². The minimum absolute atomic E-state index is 0.662. The average molecular weight is 476 g/mol. The Labute approximate surface area is 213 Å². The first-order valence-corrected chi connectivity index (χ1v) is 12.2. The van der Waals surface area contributed by atoms with E-state index in [1.54, 1.807) is 0 Å². The first-order valence-electron chi connectivity index (χ1n) is 12.2. The molecule has 4 nitrogen and oxygen atoms in total. The lowest BCUT2D eigenvalue weighted by Gasteiger charge is -2.12. The third-order valence-corrected chi connectivity index (χ3v) is 6.58. The van der Waals surface area contributed by atoms with Crippen LogP contribution in [0.1, 0.15) is 0 Å². The Morgan fingerprint density at radius 3 is 2.00 bits per heavy atom. The summed E-state index contributed by atoms with van der Waals surface area (Å²) in [5, 5.41) is 2.17. The minimum atomic E-state index is 0.662. The highest BCUT2D eigenvalue weighted by Crippen LogP contribution is 2.35. The topological polar surface area (TPSA) is 51.8 Å². The SMILES string of the molecule is c1ccc(-c2cc(-c3ccc4oc5ccccc5c4c3)nc(-c3ccccc3-c3ccccn3)n2)cc1. The number of hydrogen-bond donors (Lipinski definition) is 0. The molecule has 0 saturated carbocycles. The highest BCUT2D eigenvalue weighted by molar-refractivity contribution is 6.06. The normalized spacial score (nSPS) is 11.2. The number of nitrogens with zero attached hydrogens (tertiary/aromatic N) is 3. The number of pyridine rings is 1. The summed E-state index contributed by atoms with van der Waals surface area (Å²) in [6, 6.07) is 40.8. The summed E-state index contributed by atoms with van der Waals surface area (Å²) >= 11 is 0. The third-order valence-electron chi connectivity index (χ3n) is 6.58. The van der Waals surface area contributed by atoms with Gasteiger partial charge in [-0.3, -0.25) is 4.98 Å². The van der Waals surface area contributed by atoms with Crippen LogP contribution in [0.2, 0.25) is 0 Å². The molecule has 7 rings (SSSR count). The zero-order valence-electron chi connectivity index (χ0n) is 19.9. The minimum Gasteiger partial charge on any atom is -0.456 e. The molecule has 0 aliphatic carbocycles. The van der Waals surface area contributed by atoms with Crippen LogP contribution in [0.5, 0.6) is 0 Å². The van der Waals surface area contributed by atoms with E-state index in [2.05, 4.69) is 53.5 Å². The third kappa shape index (κ3) is 3.85. The van der Waals surface area contributed by atoms with Gasteiger partial charge in [-0.2, -0.15) is 0 Å². The first kappa shape index (κ1) is 21.2. The molecule has 3 aromatic heterocycles. The lowest BCUT2D eigenvalue weighted by Crippen LogP contribution is -1.97. The van der Waals surface area contributed by atoms with E-state index in [1.807, 2.05) is 79.0 Å². The molecule has 0 aliphatic heterocycles. The summed E-state index contributed by atoms with van der Waals surface area (Å²) in [5.41, 5.74) is 8.34. The number of furan rings is 1. The van der Waals surface area contributed by atoms with Crippen LogP contribution in [-0.2, 0) is 0 Å². The largest absolute Gasteiger partial charge is 0.456 e. The Kier molecular flexibility index (Phi) is 5.07. The lowest BCUT2D eigenvalue weighted by atomic mass is 10.0. The molecule has 37 heavy (non-hydrogen) atoms. The quantitative estimate of drug-likeness (QED) is 0.256. The van der Waals surface area contributed by atoms with Crippen molar-refractivity contribution < 1.29 is 4.42 Å². The van der Waals surface area contributed by atoms with E-state index in [4.69, 9.17) is 14.4 Å². The second-order valence-electron chi connectivity index (χ2n) is 8.90. The highest BCUT2D eigenvalue weighted by atomic mass is 16.3. The van der Waals surface area contributed by atoms with Crippen molar-refractivity contribution in [1.29, 1.82) is 0 Å². The fourth-order valence-corrected chi connectivity index (χ4v) is 4.78. The molecule has 0 fully saturated rings. The van der Waals surface area contributed by atoms with E-state index in [9.17, 15) is 0 Å². The highest BCUT2D eigenvalue weighted by Gasteiger charge is 2.16.